The molecule has 18 heavy (non-hydrogen) atoms. The smallest absolute Gasteiger partial charge is 0.314 e. The van der Waals surface area contributed by atoms with Crippen molar-refractivity contribution in [2.24, 2.45) is 0 Å². The molecule has 2 rings (SSSR count). The Morgan fingerprint density at radius 1 is 1.61 bits per heavy atom. The fraction of sp³-hybridized carbons (Fsp3) is 0.500. The highest BCUT2D eigenvalue weighted by atomic mass is 32.2. The van der Waals surface area contributed by atoms with Crippen molar-refractivity contribution in [3.8, 4) is 0 Å². The van der Waals surface area contributed by atoms with E-state index >= 15 is 0 Å². The summed E-state index contributed by atoms with van der Waals surface area (Å²) in [6.45, 7) is 2.91. The van der Waals surface area contributed by atoms with Gasteiger partial charge in [-0.05, 0) is 37.7 Å². The Bertz CT molecular complexity index is 459. The summed E-state index contributed by atoms with van der Waals surface area (Å²) in [5, 5.41) is 14.2. The molecule has 0 aliphatic carbocycles. The predicted octanol–water partition coefficient (Wildman–Crippen LogP) is 2.87. The first kappa shape index (κ1) is 13.0. The molecule has 1 aliphatic rings. The molecule has 1 unspecified atom stereocenters. The van der Waals surface area contributed by atoms with E-state index in [1.54, 1.807) is 18.2 Å². The molecule has 0 spiro atoms. The van der Waals surface area contributed by atoms with Gasteiger partial charge in [-0.1, -0.05) is 6.07 Å². The molecule has 1 aliphatic heterocycles. The van der Waals surface area contributed by atoms with Crippen LogP contribution in [0.4, 0.5) is 17.1 Å². The Morgan fingerprint density at radius 3 is 3.00 bits per heavy atom. The third-order valence-electron chi connectivity index (χ3n) is 3.20. The van der Waals surface area contributed by atoms with Crippen LogP contribution in [0.2, 0.25) is 0 Å². The third kappa shape index (κ3) is 2.69. The van der Waals surface area contributed by atoms with Crippen LogP contribution in [0.25, 0.3) is 0 Å². The highest BCUT2D eigenvalue weighted by Gasteiger charge is 2.30. The highest BCUT2D eigenvalue weighted by Crippen LogP contribution is 2.39. The summed E-state index contributed by atoms with van der Waals surface area (Å²) in [4.78, 5) is 10.6. The van der Waals surface area contributed by atoms with Crippen molar-refractivity contribution in [1.29, 1.82) is 0 Å². The zero-order valence-corrected chi connectivity index (χ0v) is 11.1. The van der Waals surface area contributed by atoms with Gasteiger partial charge in [-0.2, -0.15) is 11.8 Å². The zero-order valence-electron chi connectivity index (χ0n) is 10.3. The minimum absolute atomic E-state index is 0.0240. The maximum Gasteiger partial charge on any atom is 0.314 e. The van der Waals surface area contributed by atoms with Crippen molar-refractivity contribution < 1.29 is 4.92 Å². The molecule has 1 atom stereocenters. The van der Waals surface area contributed by atoms with E-state index in [4.69, 9.17) is 5.73 Å². The van der Waals surface area contributed by atoms with Crippen LogP contribution >= 0.6 is 11.8 Å². The van der Waals surface area contributed by atoms with E-state index in [9.17, 15) is 10.1 Å². The van der Waals surface area contributed by atoms with E-state index < -0.39 is 4.92 Å². The number of anilines is 2. The summed E-state index contributed by atoms with van der Waals surface area (Å²) in [7, 11) is 0. The number of nitrogens with zero attached hydrogens (tertiary/aromatic N) is 1. The Kier molecular flexibility index (Phi) is 3.65. The van der Waals surface area contributed by atoms with Crippen LogP contribution in [0.5, 0.6) is 0 Å². The molecule has 6 heteroatoms. The van der Waals surface area contributed by atoms with Crippen LogP contribution < -0.4 is 11.1 Å². The van der Waals surface area contributed by atoms with Crippen LogP contribution in [0.15, 0.2) is 18.2 Å². The van der Waals surface area contributed by atoms with Crippen molar-refractivity contribution in [2.45, 2.75) is 24.5 Å². The normalized spacial score (nSPS) is 22.9. The Morgan fingerprint density at radius 2 is 2.39 bits per heavy atom. The van der Waals surface area contributed by atoms with Crippen molar-refractivity contribution >= 4 is 28.8 Å². The number of nitrogen functional groups attached to an aromatic ring is 1. The first-order chi connectivity index (χ1) is 8.52. The highest BCUT2D eigenvalue weighted by molar-refractivity contribution is 8.00. The minimum Gasteiger partial charge on any atom is -0.393 e. The molecular formula is C12H17N3O2S. The second-order valence-electron chi connectivity index (χ2n) is 4.76. The molecule has 1 saturated heterocycles. The van der Waals surface area contributed by atoms with E-state index in [2.05, 4.69) is 12.2 Å². The van der Waals surface area contributed by atoms with Gasteiger partial charge in [-0.3, -0.25) is 10.1 Å². The zero-order chi connectivity index (χ0) is 13.2. The average Bonchev–Trinajstić information content (AvgIpc) is 2.73. The summed E-state index contributed by atoms with van der Waals surface area (Å²) in [6, 6.07) is 4.99. The molecule has 1 fully saturated rings. The first-order valence-electron chi connectivity index (χ1n) is 5.92. The van der Waals surface area contributed by atoms with Gasteiger partial charge in [0.1, 0.15) is 11.4 Å². The molecule has 1 aromatic carbocycles. The van der Waals surface area contributed by atoms with Crippen LogP contribution in [0, 0.1) is 10.1 Å². The third-order valence-corrected chi connectivity index (χ3v) is 4.74. The van der Waals surface area contributed by atoms with E-state index in [1.807, 2.05) is 11.8 Å². The fourth-order valence-electron chi connectivity index (χ4n) is 2.17. The van der Waals surface area contributed by atoms with Crippen LogP contribution in [0.3, 0.4) is 0 Å². The first-order valence-corrected chi connectivity index (χ1v) is 6.91. The maximum atomic E-state index is 11.0. The molecule has 98 valence electrons. The van der Waals surface area contributed by atoms with E-state index in [1.165, 1.54) is 6.42 Å². The SMILES string of the molecule is CC1(CNc2cccc(N)c2[N+](=O)[O-])CCCS1. The van der Waals surface area contributed by atoms with Gasteiger partial charge in [0.05, 0.1) is 4.92 Å². The summed E-state index contributed by atoms with van der Waals surface area (Å²) in [5.74, 6) is 1.16. The summed E-state index contributed by atoms with van der Waals surface area (Å²) >= 11 is 1.92. The van der Waals surface area contributed by atoms with Crippen LogP contribution in [-0.4, -0.2) is 22.0 Å². The lowest BCUT2D eigenvalue weighted by Crippen LogP contribution is -2.27. The Hall–Kier alpha value is -1.43. The molecule has 0 saturated carbocycles. The van der Waals surface area contributed by atoms with Crippen molar-refractivity contribution in [2.75, 3.05) is 23.3 Å². The van der Waals surface area contributed by atoms with Gasteiger partial charge in [0.15, 0.2) is 0 Å². The lowest BCUT2D eigenvalue weighted by atomic mass is 10.1. The van der Waals surface area contributed by atoms with Crippen molar-refractivity contribution in [3.63, 3.8) is 0 Å². The standard InChI is InChI=1S/C12H17N3O2S/c1-12(6-3-7-18-12)8-14-10-5-2-4-9(13)11(10)15(16)17/h2,4-5,14H,3,6-8,13H2,1H3. The molecule has 0 bridgehead atoms. The Labute approximate surface area is 110 Å². The number of thioether (sulfide) groups is 1. The van der Waals surface area contributed by atoms with Gasteiger partial charge in [0.25, 0.3) is 0 Å². The molecule has 0 radical (unpaired) electrons. The summed E-state index contributed by atoms with van der Waals surface area (Å²) < 4.78 is 0.165. The van der Waals surface area contributed by atoms with Crippen molar-refractivity contribution in [3.05, 3.63) is 28.3 Å². The average molecular weight is 267 g/mol. The topological polar surface area (TPSA) is 81.2 Å². The lowest BCUT2D eigenvalue weighted by molar-refractivity contribution is -0.383. The van der Waals surface area contributed by atoms with Crippen LogP contribution in [-0.2, 0) is 0 Å². The fourth-order valence-corrected chi connectivity index (χ4v) is 3.41. The lowest BCUT2D eigenvalue weighted by Gasteiger charge is -2.23. The molecule has 3 N–H and O–H groups in total. The second kappa shape index (κ2) is 5.06. The predicted molar refractivity (Wildman–Crippen MR) is 76.1 cm³/mol. The summed E-state index contributed by atoms with van der Waals surface area (Å²) in [6.07, 6.45) is 2.35. The quantitative estimate of drug-likeness (QED) is 0.498. The monoisotopic (exact) mass is 267 g/mol. The van der Waals surface area contributed by atoms with E-state index in [0.29, 0.717) is 5.69 Å². The van der Waals surface area contributed by atoms with Gasteiger partial charge < -0.3 is 11.1 Å². The van der Waals surface area contributed by atoms with Gasteiger partial charge in [0.2, 0.25) is 0 Å². The van der Waals surface area contributed by atoms with E-state index in [-0.39, 0.29) is 16.1 Å². The number of nitro groups is 1. The molecular weight excluding hydrogens is 250 g/mol. The van der Waals surface area contributed by atoms with Gasteiger partial charge in [-0.25, -0.2) is 0 Å². The molecule has 0 amide bonds. The van der Waals surface area contributed by atoms with Gasteiger partial charge >= 0.3 is 5.69 Å². The number of rotatable bonds is 4. The number of hydrogen-bond acceptors (Lipinski definition) is 5. The Balaban J connectivity index is 2.14. The number of nitrogens with one attached hydrogen (secondary N) is 1. The minimum atomic E-state index is -0.429. The molecule has 1 aromatic rings. The number of nitrogens with two attached hydrogens (primary N) is 1. The van der Waals surface area contributed by atoms with Gasteiger partial charge in [-0.15, -0.1) is 0 Å². The van der Waals surface area contributed by atoms with Gasteiger partial charge in [0, 0.05) is 11.3 Å². The molecule has 5 nitrogen and oxygen atoms in total. The number of nitro benzene ring substituents is 1. The number of benzene rings is 1. The van der Waals surface area contributed by atoms with Crippen molar-refractivity contribution in [1.82, 2.24) is 0 Å². The molecule has 0 aromatic heterocycles. The largest absolute Gasteiger partial charge is 0.393 e. The van der Waals surface area contributed by atoms with E-state index in [0.717, 1.165) is 18.7 Å². The number of para-hydroxylation sites is 1. The second-order valence-corrected chi connectivity index (χ2v) is 6.44. The summed E-state index contributed by atoms with van der Waals surface area (Å²) in [5.41, 5.74) is 6.34. The number of hydrogen-bond donors (Lipinski definition) is 2. The maximum absolute atomic E-state index is 11.0. The molecule has 1 heterocycles. The van der Waals surface area contributed by atoms with Crippen LogP contribution in [0.1, 0.15) is 19.8 Å².